The second-order valence-corrected chi connectivity index (χ2v) is 7.71. The molecule has 6 nitrogen and oxygen atoms in total. The predicted molar refractivity (Wildman–Crippen MR) is 126 cm³/mol. The lowest BCUT2D eigenvalue weighted by molar-refractivity contribution is 0.0974. The first kappa shape index (κ1) is 21.7. The van der Waals surface area contributed by atoms with Gasteiger partial charge in [-0.05, 0) is 67.2 Å². The van der Waals surface area contributed by atoms with Crippen LogP contribution in [-0.2, 0) is 0 Å². The molecule has 0 bridgehead atoms. The molecule has 0 aliphatic heterocycles. The summed E-state index contributed by atoms with van der Waals surface area (Å²) in [5.74, 6) is -0.0765. The van der Waals surface area contributed by atoms with Crippen molar-refractivity contribution in [2.45, 2.75) is 6.92 Å². The molecule has 1 aromatic heterocycles. The van der Waals surface area contributed by atoms with Gasteiger partial charge in [0.1, 0.15) is 17.1 Å². The monoisotopic (exact) mass is 469 g/mol. The minimum atomic E-state index is -0.444. The number of fused-ring (bicyclic) bond motifs is 1. The Labute approximate surface area is 193 Å². The van der Waals surface area contributed by atoms with E-state index < -0.39 is 5.82 Å². The molecule has 3 aromatic carbocycles. The van der Waals surface area contributed by atoms with E-state index in [0.717, 1.165) is 5.56 Å². The summed E-state index contributed by atoms with van der Waals surface area (Å²) in [6.07, 6.45) is 0. The number of carbonyl (C=O) groups is 1. The van der Waals surface area contributed by atoms with Crippen LogP contribution in [0.3, 0.4) is 0 Å². The van der Waals surface area contributed by atoms with Crippen LogP contribution in [0.5, 0.6) is 5.75 Å². The predicted octanol–water partition coefficient (Wildman–Crippen LogP) is 5.73. The third kappa shape index (κ3) is 4.42. The third-order valence-electron chi connectivity index (χ3n) is 4.69. The van der Waals surface area contributed by atoms with Gasteiger partial charge in [0.05, 0.1) is 23.3 Å². The summed E-state index contributed by atoms with van der Waals surface area (Å²) < 4.78 is 24.4. The minimum Gasteiger partial charge on any atom is -0.496 e. The Morgan fingerprint density at radius 2 is 2.00 bits per heavy atom. The normalized spacial score (nSPS) is 10.8. The highest BCUT2D eigenvalue weighted by Gasteiger charge is 2.16. The zero-order valence-corrected chi connectivity index (χ0v) is 18.6. The average molecular weight is 470 g/mol. The van der Waals surface area contributed by atoms with Gasteiger partial charge in [0.15, 0.2) is 10.7 Å². The number of aryl methyl sites for hydroxylation is 1. The Hall–Kier alpha value is -3.49. The number of anilines is 1. The highest BCUT2D eigenvalue weighted by Crippen LogP contribution is 2.31. The van der Waals surface area contributed by atoms with Crippen LogP contribution < -0.4 is 15.4 Å². The van der Waals surface area contributed by atoms with Crippen LogP contribution in [-0.4, -0.2) is 23.1 Å². The number of methoxy groups -OCH3 is 1. The van der Waals surface area contributed by atoms with Crippen molar-refractivity contribution in [2.24, 2.45) is 0 Å². The molecule has 1 amide bonds. The van der Waals surface area contributed by atoms with Crippen LogP contribution in [0.4, 0.5) is 10.1 Å². The molecule has 0 fully saturated rings. The van der Waals surface area contributed by atoms with Gasteiger partial charge >= 0.3 is 0 Å². The number of ether oxygens (including phenoxy) is 1. The number of nitrogens with one attached hydrogen (secondary N) is 2. The molecule has 0 radical (unpaired) electrons. The maximum absolute atomic E-state index is 13.3. The fourth-order valence-electron chi connectivity index (χ4n) is 3.22. The Balaban J connectivity index is 1.51. The van der Waals surface area contributed by atoms with Gasteiger partial charge in [-0.1, -0.05) is 23.7 Å². The molecule has 1 heterocycles. The first-order chi connectivity index (χ1) is 15.4. The molecular weight excluding hydrogens is 453 g/mol. The molecule has 4 aromatic rings. The van der Waals surface area contributed by atoms with Gasteiger partial charge < -0.3 is 14.5 Å². The summed E-state index contributed by atoms with van der Waals surface area (Å²) >= 11 is 11.4. The summed E-state index contributed by atoms with van der Waals surface area (Å²) in [7, 11) is 1.51. The minimum absolute atomic E-state index is 0.114. The number of benzene rings is 3. The van der Waals surface area contributed by atoms with Crippen LogP contribution in [0.2, 0.25) is 5.02 Å². The van der Waals surface area contributed by atoms with E-state index in [1.165, 1.54) is 25.3 Å². The molecule has 162 valence electrons. The molecular formula is C23H17ClFN3O3S. The van der Waals surface area contributed by atoms with Gasteiger partial charge in [-0.2, -0.15) is 0 Å². The number of oxazole rings is 1. The molecule has 0 atom stereocenters. The maximum Gasteiger partial charge on any atom is 0.261 e. The smallest absolute Gasteiger partial charge is 0.261 e. The average Bonchev–Trinajstić information content (AvgIpc) is 3.16. The summed E-state index contributed by atoms with van der Waals surface area (Å²) in [5.41, 5.74) is 3.36. The van der Waals surface area contributed by atoms with Gasteiger partial charge in [-0.25, -0.2) is 9.37 Å². The molecule has 9 heteroatoms. The number of rotatable bonds is 4. The van der Waals surface area contributed by atoms with Crippen molar-refractivity contribution in [1.82, 2.24) is 10.3 Å². The van der Waals surface area contributed by atoms with Crippen molar-refractivity contribution in [3.63, 3.8) is 0 Å². The zero-order chi connectivity index (χ0) is 22.8. The standard InChI is InChI=1S/C23H17ClFN3O3S/c1-12-4-3-5-16(20(12)30-2)21(29)28-23(32)26-14-7-9-19-18(11-14)27-22(31-19)15-8-6-13(25)10-17(15)24/h3-11H,1-2H3,(H2,26,28,29,32). The molecule has 0 unspecified atom stereocenters. The van der Waals surface area contributed by atoms with Crippen molar-refractivity contribution >= 4 is 51.6 Å². The molecule has 4 rings (SSSR count). The fraction of sp³-hybridized carbons (Fsp3) is 0.0870. The molecule has 0 saturated carbocycles. The molecule has 0 saturated heterocycles. The molecule has 2 N–H and O–H groups in total. The summed E-state index contributed by atoms with van der Waals surface area (Å²) in [5, 5.41) is 5.91. The van der Waals surface area contributed by atoms with Crippen LogP contribution in [0, 0.1) is 12.7 Å². The van der Waals surface area contributed by atoms with E-state index in [-0.39, 0.29) is 21.9 Å². The van der Waals surface area contributed by atoms with E-state index in [1.54, 1.807) is 30.3 Å². The molecule has 0 aliphatic rings. The number of hydrogen-bond acceptors (Lipinski definition) is 5. The number of para-hydroxylation sites is 1. The van der Waals surface area contributed by atoms with Crippen LogP contribution in [0.15, 0.2) is 59.0 Å². The third-order valence-corrected chi connectivity index (χ3v) is 5.21. The first-order valence-electron chi connectivity index (χ1n) is 9.47. The summed E-state index contributed by atoms with van der Waals surface area (Å²) in [6, 6.07) is 14.4. The zero-order valence-electron chi connectivity index (χ0n) is 17.0. The van der Waals surface area contributed by atoms with E-state index >= 15 is 0 Å². The van der Waals surface area contributed by atoms with Gasteiger partial charge in [0, 0.05) is 5.69 Å². The van der Waals surface area contributed by atoms with Crippen LogP contribution >= 0.6 is 23.8 Å². The number of halogens is 2. The molecule has 0 spiro atoms. The Morgan fingerprint density at radius 3 is 2.75 bits per heavy atom. The van der Waals surface area contributed by atoms with E-state index in [9.17, 15) is 9.18 Å². The number of nitrogens with zero attached hydrogens (tertiary/aromatic N) is 1. The Bertz CT molecular complexity index is 1360. The summed E-state index contributed by atoms with van der Waals surface area (Å²) in [4.78, 5) is 17.0. The van der Waals surface area contributed by atoms with Gasteiger partial charge in [0.25, 0.3) is 5.91 Å². The number of amides is 1. The number of carbonyl (C=O) groups excluding carboxylic acids is 1. The largest absolute Gasteiger partial charge is 0.496 e. The maximum atomic E-state index is 13.3. The second kappa shape index (κ2) is 8.94. The quantitative estimate of drug-likeness (QED) is 0.372. The van der Waals surface area contributed by atoms with E-state index in [0.29, 0.717) is 33.7 Å². The highest BCUT2D eigenvalue weighted by molar-refractivity contribution is 7.80. The molecule has 32 heavy (non-hydrogen) atoms. The Kier molecular flexibility index (Phi) is 6.07. The highest BCUT2D eigenvalue weighted by atomic mass is 35.5. The van der Waals surface area contributed by atoms with Crippen molar-refractivity contribution in [3.05, 3.63) is 76.6 Å². The topological polar surface area (TPSA) is 76.4 Å². The lowest BCUT2D eigenvalue weighted by Gasteiger charge is -2.13. The van der Waals surface area contributed by atoms with Crippen molar-refractivity contribution in [1.29, 1.82) is 0 Å². The number of aromatic nitrogens is 1. The Morgan fingerprint density at radius 1 is 1.19 bits per heavy atom. The van der Waals surface area contributed by atoms with Crippen LogP contribution in [0.25, 0.3) is 22.6 Å². The SMILES string of the molecule is COc1c(C)cccc1C(=O)NC(=S)Nc1ccc2oc(-c3ccc(F)cc3Cl)nc2c1. The van der Waals surface area contributed by atoms with Gasteiger partial charge in [-0.15, -0.1) is 0 Å². The lowest BCUT2D eigenvalue weighted by atomic mass is 10.1. The number of hydrogen-bond donors (Lipinski definition) is 2. The van der Waals surface area contributed by atoms with E-state index in [4.69, 9.17) is 33.0 Å². The van der Waals surface area contributed by atoms with Gasteiger partial charge in [-0.3, -0.25) is 10.1 Å². The fourth-order valence-corrected chi connectivity index (χ4v) is 3.68. The lowest BCUT2D eigenvalue weighted by Crippen LogP contribution is -2.34. The first-order valence-corrected chi connectivity index (χ1v) is 10.3. The summed E-state index contributed by atoms with van der Waals surface area (Å²) in [6.45, 7) is 1.85. The van der Waals surface area contributed by atoms with Crippen molar-refractivity contribution < 1.29 is 18.3 Å². The van der Waals surface area contributed by atoms with E-state index in [1.807, 2.05) is 13.0 Å². The number of thiocarbonyl (C=S) groups is 1. The van der Waals surface area contributed by atoms with Crippen molar-refractivity contribution in [3.8, 4) is 17.2 Å². The molecule has 0 aliphatic carbocycles. The van der Waals surface area contributed by atoms with Crippen molar-refractivity contribution in [2.75, 3.05) is 12.4 Å². The second-order valence-electron chi connectivity index (χ2n) is 6.89. The van der Waals surface area contributed by atoms with E-state index in [2.05, 4.69) is 15.6 Å². The van der Waals surface area contributed by atoms with Gasteiger partial charge in [0.2, 0.25) is 5.89 Å². The van der Waals surface area contributed by atoms with Crippen LogP contribution in [0.1, 0.15) is 15.9 Å².